The maximum Gasteiger partial charge on any atom is 0.131 e. The molecule has 6 aromatic carbocycles. The highest BCUT2D eigenvalue weighted by atomic mass is 19.1. The second-order valence-electron chi connectivity index (χ2n) is 19.4. The normalized spacial score (nSPS) is 26.5. The van der Waals surface area contributed by atoms with E-state index in [2.05, 4.69) is 142 Å². The van der Waals surface area contributed by atoms with E-state index in [0.29, 0.717) is 39.6 Å². The van der Waals surface area contributed by atoms with Gasteiger partial charge >= 0.3 is 0 Å². The summed E-state index contributed by atoms with van der Waals surface area (Å²) < 4.78 is 65.0. The lowest BCUT2D eigenvalue weighted by Gasteiger charge is -2.43. The van der Waals surface area contributed by atoms with Crippen LogP contribution in [-0.2, 0) is 33.8 Å². The lowest BCUT2D eigenvalue weighted by Crippen LogP contribution is -2.44. The number of hydrogen-bond donors (Lipinski definition) is 3. The monoisotopic (exact) mass is 921 g/mol. The maximum atomic E-state index is 14.4. The molecule has 9 nitrogen and oxygen atoms in total. The fourth-order valence-corrected chi connectivity index (χ4v) is 10.4. The Balaban J connectivity index is 0.000000120. The Morgan fingerprint density at radius 3 is 1.25 bits per heavy atom. The van der Waals surface area contributed by atoms with Crippen molar-refractivity contribution in [2.75, 3.05) is 55.6 Å². The van der Waals surface area contributed by atoms with Gasteiger partial charge in [-0.15, -0.1) is 0 Å². The van der Waals surface area contributed by atoms with Crippen LogP contribution in [0.25, 0.3) is 0 Å². The van der Waals surface area contributed by atoms with Gasteiger partial charge in [0.05, 0.1) is 57.8 Å². The Kier molecular flexibility index (Phi) is 13.4. The van der Waals surface area contributed by atoms with E-state index >= 15 is 0 Å². The topological polar surface area (TPSA) is 91.5 Å². The number of aryl methyl sites for hydroxylation is 2. The molecule has 0 amide bonds. The van der Waals surface area contributed by atoms with E-state index in [9.17, 15) is 8.78 Å². The number of benzene rings is 6. The largest absolute Gasteiger partial charge is 0.375 e. The van der Waals surface area contributed by atoms with Crippen molar-refractivity contribution >= 4 is 17.1 Å². The van der Waals surface area contributed by atoms with Crippen LogP contribution in [0.2, 0.25) is 0 Å². The summed E-state index contributed by atoms with van der Waals surface area (Å²) in [5, 5.41) is 10.6. The van der Waals surface area contributed by atoms with Crippen molar-refractivity contribution in [1.82, 2.24) is 0 Å². The summed E-state index contributed by atoms with van der Waals surface area (Å²) in [5.41, 5.74) is 12.7. The Hall–Kier alpha value is -5.66. The van der Waals surface area contributed by atoms with E-state index in [1.54, 1.807) is 0 Å². The molecule has 3 saturated heterocycles. The minimum Gasteiger partial charge on any atom is -0.375 e. The van der Waals surface area contributed by atoms with Gasteiger partial charge in [0.1, 0.15) is 48.3 Å². The molecule has 3 N–H and O–H groups in total. The third-order valence-electron chi connectivity index (χ3n) is 13.8. The minimum atomic E-state index is -0.644. The van der Waals surface area contributed by atoms with Crippen LogP contribution in [-0.4, -0.2) is 58.0 Å². The average Bonchev–Trinajstić information content (AvgIpc) is 3.36. The average molecular weight is 922 g/mol. The van der Waals surface area contributed by atoms with Gasteiger partial charge in [-0.3, -0.25) is 0 Å². The maximum absolute atomic E-state index is 14.4. The first-order valence-corrected chi connectivity index (χ1v) is 23.9. The molecule has 6 aliphatic rings. The molecule has 0 radical (unpaired) electrons. The van der Waals surface area contributed by atoms with Gasteiger partial charge in [-0.25, -0.2) is 8.78 Å². The fourth-order valence-electron chi connectivity index (χ4n) is 10.4. The first-order valence-electron chi connectivity index (χ1n) is 23.9. The molecule has 6 aromatic rings. The molecule has 0 spiro atoms. The molecule has 6 aliphatic heterocycles. The van der Waals surface area contributed by atoms with Crippen molar-refractivity contribution in [3.8, 4) is 0 Å². The molecule has 68 heavy (non-hydrogen) atoms. The van der Waals surface area contributed by atoms with Gasteiger partial charge in [0.15, 0.2) is 0 Å². The second kappa shape index (κ2) is 19.7. The first-order chi connectivity index (χ1) is 33.0. The van der Waals surface area contributed by atoms with Gasteiger partial charge in [0, 0.05) is 39.3 Å². The quantitative estimate of drug-likeness (QED) is 0.161. The SMILES string of the molecule is CC(C)(C)c1ccc2c(c1)[C@@H]1OCCO[C@@H]1[C@@H](c1c(F)cccc1F)N2.Cc1ccc2c(c1)C1OCCOC1C(c1ccccc1)N2.Cc1ccc2c(c1)[C@H]1OCCO[C@H]1[C@H](c1ccccc1)N2. The number of hydrogen-bond acceptors (Lipinski definition) is 9. The molecule has 0 aliphatic carbocycles. The summed E-state index contributed by atoms with van der Waals surface area (Å²) >= 11 is 0. The first kappa shape index (κ1) is 46.1. The van der Waals surface area contributed by atoms with E-state index in [1.165, 1.54) is 57.1 Å². The van der Waals surface area contributed by atoms with E-state index in [4.69, 9.17) is 28.4 Å². The fraction of sp³-hybridized carbons (Fsp3) is 0.368. The summed E-state index contributed by atoms with van der Waals surface area (Å²) in [5.74, 6) is -1.16. The molecule has 12 rings (SSSR count). The molecule has 9 atom stereocenters. The van der Waals surface area contributed by atoms with Crippen LogP contribution in [0.1, 0.15) is 107 Å². The lowest BCUT2D eigenvalue weighted by molar-refractivity contribution is -0.151. The van der Waals surface area contributed by atoms with Gasteiger partial charge in [0.25, 0.3) is 0 Å². The lowest BCUT2D eigenvalue weighted by atomic mass is 9.81. The molecule has 0 saturated carbocycles. The van der Waals surface area contributed by atoms with Gasteiger partial charge in [-0.05, 0) is 66.3 Å². The van der Waals surface area contributed by atoms with E-state index in [-0.39, 0.29) is 53.6 Å². The van der Waals surface area contributed by atoms with Gasteiger partial charge in [-0.1, -0.05) is 135 Å². The van der Waals surface area contributed by atoms with Crippen LogP contribution in [0.15, 0.2) is 133 Å². The molecule has 3 unspecified atom stereocenters. The van der Waals surface area contributed by atoms with Crippen molar-refractivity contribution < 1.29 is 37.2 Å². The molecule has 11 heteroatoms. The van der Waals surface area contributed by atoms with Gasteiger partial charge in [0.2, 0.25) is 0 Å². The molecule has 354 valence electrons. The second-order valence-corrected chi connectivity index (χ2v) is 19.4. The molecule has 3 fully saturated rings. The number of fused-ring (bicyclic) bond motifs is 9. The third-order valence-corrected chi connectivity index (χ3v) is 13.8. The summed E-state index contributed by atoms with van der Waals surface area (Å²) in [6, 6.07) is 43.6. The zero-order valence-electron chi connectivity index (χ0n) is 39.3. The molecule has 0 bridgehead atoms. The Labute approximate surface area is 398 Å². The highest BCUT2D eigenvalue weighted by molar-refractivity contribution is 5.61. The van der Waals surface area contributed by atoms with Crippen LogP contribution in [0, 0.1) is 25.5 Å². The third kappa shape index (κ3) is 9.40. The molecule has 0 aromatic heterocycles. The zero-order valence-corrected chi connectivity index (χ0v) is 39.3. The van der Waals surface area contributed by atoms with Crippen LogP contribution >= 0.6 is 0 Å². The van der Waals surface area contributed by atoms with Crippen LogP contribution in [0.5, 0.6) is 0 Å². The number of rotatable bonds is 3. The van der Waals surface area contributed by atoms with Crippen molar-refractivity contribution in [3.63, 3.8) is 0 Å². The van der Waals surface area contributed by atoms with Crippen molar-refractivity contribution in [1.29, 1.82) is 0 Å². The Bertz CT molecular complexity index is 2560. The van der Waals surface area contributed by atoms with E-state index in [0.717, 1.165) is 22.6 Å². The summed E-state index contributed by atoms with van der Waals surface area (Å²) in [6.45, 7) is 14.2. The predicted molar refractivity (Wildman–Crippen MR) is 261 cm³/mol. The van der Waals surface area contributed by atoms with Crippen molar-refractivity contribution in [3.05, 3.63) is 195 Å². The smallest absolute Gasteiger partial charge is 0.131 e. The summed E-state index contributed by atoms with van der Waals surface area (Å²) in [6.07, 6.45) is -0.768. The zero-order chi connectivity index (χ0) is 46.9. The van der Waals surface area contributed by atoms with E-state index < -0.39 is 23.8 Å². The van der Waals surface area contributed by atoms with Gasteiger partial charge < -0.3 is 44.4 Å². The van der Waals surface area contributed by atoms with Crippen molar-refractivity contribution in [2.45, 2.75) is 94.8 Å². The highest BCUT2D eigenvalue weighted by Crippen LogP contribution is 2.48. The molecular formula is C57H61F2N3O6. The van der Waals surface area contributed by atoms with Gasteiger partial charge in [-0.2, -0.15) is 0 Å². The number of nitrogens with one attached hydrogen (secondary N) is 3. The summed E-state index contributed by atoms with van der Waals surface area (Å²) in [4.78, 5) is 0. The number of anilines is 3. The Morgan fingerprint density at radius 2 is 0.809 bits per heavy atom. The van der Waals surface area contributed by atoms with Crippen LogP contribution in [0.3, 0.4) is 0 Å². The van der Waals surface area contributed by atoms with Crippen molar-refractivity contribution in [2.24, 2.45) is 0 Å². The number of halogens is 2. The van der Waals surface area contributed by atoms with Crippen LogP contribution < -0.4 is 16.0 Å². The number of ether oxygens (including phenoxy) is 6. The minimum absolute atomic E-state index is 0.00134. The van der Waals surface area contributed by atoms with E-state index in [1.807, 2.05) is 24.3 Å². The summed E-state index contributed by atoms with van der Waals surface area (Å²) in [7, 11) is 0. The highest BCUT2D eigenvalue weighted by Gasteiger charge is 2.45. The van der Waals surface area contributed by atoms with Crippen LogP contribution in [0.4, 0.5) is 25.8 Å². The molecule has 6 heterocycles. The predicted octanol–water partition coefficient (Wildman–Crippen LogP) is 12.1. The standard InChI is InChI=1S/C21H23F2NO2.2C18H19NO2/c1-21(2,3)12-7-8-16-13(11-12)19-20(26-10-9-25-19)18(24-16)17-14(22)5-4-6-15(17)23;2*1-12-7-8-15-14(11-12)17-18(21-10-9-20-17)16(19-15)13-5-3-2-4-6-13/h4-8,11,18-20,24H,9-10H2,1-3H3;2*2-8,11,16-19H,9-10H2,1H3/t18-,19+,20-;16-,17+,18-;/m10./s1. The molecular weight excluding hydrogens is 861 g/mol. The Morgan fingerprint density at radius 1 is 0.426 bits per heavy atom.